The molecule has 0 aliphatic heterocycles. The fourth-order valence-corrected chi connectivity index (χ4v) is 2.01. The Morgan fingerprint density at radius 1 is 1.40 bits per heavy atom. The molecule has 0 aliphatic rings. The van der Waals surface area contributed by atoms with Gasteiger partial charge in [0.15, 0.2) is 0 Å². The number of pyridine rings is 1. The molecule has 0 atom stereocenters. The zero-order valence-corrected chi connectivity index (χ0v) is 11.5. The van der Waals surface area contributed by atoms with Gasteiger partial charge in [-0.15, -0.1) is 0 Å². The lowest BCUT2D eigenvalue weighted by molar-refractivity contribution is 0.199. The minimum Gasteiger partial charge on any atom is -0.383 e. The number of nitrogens with one attached hydrogen (secondary N) is 1. The van der Waals surface area contributed by atoms with Gasteiger partial charge in [-0.25, -0.2) is 4.98 Å². The lowest BCUT2D eigenvalue weighted by Gasteiger charge is -2.11. The number of nitrogens with zero attached hydrogens (tertiary/aromatic N) is 3. The van der Waals surface area contributed by atoms with Crippen molar-refractivity contribution in [1.29, 1.82) is 5.26 Å². The molecule has 0 amide bonds. The number of hydrogen-bond acceptors (Lipinski definition) is 4. The van der Waals surface area contributed by atoms with Crippen molar-refractivity contribution in [2.45, 2.75) is 13.1 Å². The first-order chi connectivity index (χ1) is 9.85. The molecule has 20 heavy (non-hydrogen) atoms. The van der Waals surface area contributed by atoms with Gasteiger partial charge in [0.25, 0.3) is 0 Å². The molecule has 0 aromatic carbocycles. The Hall–Kier alpha value is -2.16. The lowest BCUT2D eigenvalue weighted by Crippen LogP contribution is -2.20. The second kappa shape index (κ2) is 7.43. The highest BCUT2D eigenvalue weighted by atomic mass is 16.5. The smallest absolute Gasteiger partial charge is 0.145 e. The maximum Gasteiger partial charge on any atom is 0.145 e. The topological polar surface area (TPSA) is 62.9 Å². The summed E-state index contributed by atoms with van der Waals surface area (Å²) in [4.78, 5) is 4.09. The molecule has 104 valence electrons. The maximum absolute atomic E-state index is 9.07. The van der Waals surface area contributed by atoms with E-state index in [4.69, 9.17) is 10.00 Å². The first-order valence-electron chi connectivity index (χ1n) is 6.53. The van der Waals surface area contributed by atoms with Crippen molar-refractivity contribution in [3.8, 4) is 6.07 Å². The fraction of sp³-hybridized carbons (Fsp3) is 0.333. The lowest BCUT2D eigenvalue weighted by atomic mass is 10.2. The van der Waals surface area contributed by atoms with E-state index >= 15 is 0 Å². The first kappa shape index (κ1) is 14.3. The average Bonchev–Trinajstić information content (AvgIpc) is 2.91. The Labute approximate surface area is 118 Å². The minimum absolute atomic E-state index is 0.486. The number of ether oxygens (including phenoxy) is 1. The largest absolute Gasteiger partial charge is 0.383 e. The van der Waals surface area contributed by atoms with Crippen molar-refractivity contribution in [3.05, 3.63) is 53.6 Å². The second-order valence-corrected chi connectivity index (χ2v) is 4.42. The molecule has 2 aromatic rings. The van der Waals surface area contributed by atoms with E-state index in [0.29, 0.717) is 18.8 Å². The highest BCUT2D eigenvalue weighted by Crippen LogP contribution is 2.10. The number of hydrogen-bond donors (Lipinski definition) is 1. The van der Waals surface area contributed by atoms with E-state index in [2.05, 4.69) is 27.0 Å². The molecule has 5 nitrogen and oxygen atoms in total. The Morgan fingerprint density at radius 3 is 3.10 bits per heavy atom. The molecule has 5 heteroatoms. The molecule has 0 fully saturated rings. The van der Waals surface area contributed by atoms with Crippen molar-refractivity contribution in [2.75, 3.05) is 20.3 Å². The summed E-state index contributed by atoms with van der Waals surface area (Å²) >= 11 is 0. The minimum atomic E-state index is 0.486. The van der Waals surface area contributed by atoms with E-state index in [1.807, 2.05) is 24.4 Å². The van der Waals surface area contributed by atoms with Crippen molar-refractivity contribution in [3.63, 3.8) is 0 Å². The van der Waals surface area contributed by atoms with Gasteiger partial charge in [0, 0.05) is 43.9 Å². The van der Waals surface area contributed by atoms with Gasteiger partial charge < -0.3 is 14.6 Å². The van der Waals surface area contributed by atoms with Gasteiger partial charge in [0.1, 0.15) is 11.8 Å². The third kappa shape index (κ3) is 3.67. The van der Waals surface area contributed by atoms with Crippen molar-refractivity contribution in [2.24, 2.45) is 0 Å². The summed E-state index contributed by atoms with van der Waals surface area (Å²) < 4.78 is 7.13. The molecule has 2 rings (SSSR count). The van der Waals surface area contributed by atoms with Crippen LogP contribution in [-0.4, -0.2) is 29.8 Å². The molecule has 0 bridgehead atoms. The molecule has 2 aromatic heterocycles. The highest BCUT2D eigenvalue weighted by Gasteiger charge is 2.06. The standard InChI is InChI=1S/C15H18N4O/c1-20-9-7-17-11-14-5-3-8-19(14)12-13-4-2-6-18-15(13)10-16/h2-6,8,17H,7,9,11-12H2,1H3. The SMILES string of the molecule is COCCNCc1cccn1Cc1cccnc1C#N. The van der Waals surface area contributed by atoms with Gasteiger partial charge in [0.05, 0.1) is 13.2 Å². The van der Waals surface area contributed by atoms with Gasteiger partial charge in [0.2, 0.25) is 0 Å². The summed E-state index contributed by atoms with van der Waals surface area (Å²) in [7, 11) is 1.69. The van der Waals surface area contributed by atoms with Gasteiger partial charge in [-0.1, -0.05) is 6.07 Å². The molecule has 0 saturated heterocycles. The molecule has 2 heterocycles. The van der Waals surface area contributed by atoms with Crippen LogP contribution in [0.4, 0.5) is 0 Å². The molecule has 0 spiro atoms. The summed E-state index contributed by atoms with van der Waals surface area (Å²) in [6.45, 7) is 2.95. The third-order valence-electron chi connectivity index (χ3n) is 3.05. The molecule has 0 radical (unpaired) electrons. The summed E-state index contributed by atoms with van der Waals surface area (Å²) in [6.07, 6.45) is 3.66. The number of rotatable bonds is 7. The maximum atomic E-state index is 9.07. The number of methoxy groups -OCH3 is 1. The molecular weight excluding hydrogens is 252 g/mol. The van der Waals surface area contributed by atoms with Crippen LogP contribution in [0.3, 0.4) is 0 Å². The van der Waals surface area contributed by atoms with Crippen LogP contribution >= 0.6 is 0 Å². The third-order valence-corrected chi connectivity index (χ3v) is 3.05. The molecule has 1 N–H and O–H groups in total. The Bertz CT molecular complexity index is 586. The van der Waals surface area contributed by atoms with E-state index < -0.39 is 0 Å². The van der Waals surface area contributed by atoms with Gasteiger partial charge in [-0.2, -0.15) is 5.26 Å². The van der Waals surface area contributed by atoms with Crippen LogP contribution in [0.25, 0.3) is 0 Å². The van der Waals surface area contributed by atoms with Crippen LogP contribution in [0.5, 0.6) is 0 Å². The van der Waals surface area contributed by atoms with Crippen LogP contribution in [0.2, 0.25) is 0 Å². The van der Waals surface area contributed by atoms with Gasteiger partial charge in [-0.05, 0) is 18.2 Å². The Balaban J connectivity index is 2.03. The summed E-state index contributed by atoms with van der Waals surface area (Å²) in [5, 5.41) is 12.4. The van der Waals surface area contributed by atoms with Crippen molar-refractivity contribution < 1.29 is 4.74 Å². The normalized spacial score (nSPS) is 10.4. The number of aromatic nitrogens is 2. The molecular formula is C15H18N4O. The molecule has 0 unspecified atom stereocenters. The quantitative estimate of drug-likeness (QED) is 0.775. The van der Waals surface area contributed by atoms with Crippen LogP contribution < -0.4 is 5.32 Å². The monoisotopic (exact) mass is 270 g/mol. The Kier molecular flexibility index (Phi) is 5.30. The summed E-state index contributed by atoms with van der Waals surface area (Å²) in [5.74, 6) is 0. The second-order valence-electron chi connectivity index (χ2n) is 4.42. The van der Waals surface area contributed by atoms with Crippen LogP contribution in [0, 0.1) is 11.3 Å². The van der Waals surface area contributed by atoms with E-state index in [0.717, 1.165) is 18.7 Å². The zero-order chi connectivity index (χ0) is 14.2. The fourth-order valence-electron chi connectivity index (χ4n) is 2.01. The first-order valence-corrected chi connectivity index (χ1v) is 6.53. The Morgan fingerprint density at radius 2 is 2.30 bits per heavy atom. The van der Waals surface area contributed by atoms with Crippen LogP contribution in [0.15, 0.2) is 36.7 Å². The van der Waals surface area contributed by atoms with Crippen molar-refractivity contribution >= 4 is 0 Å². The predicted octanol–water partition coefficient (Wildman–Crippen LogP) is 1.54. The molecule has 0 saturated carbocycles. The van der Waals surface area contributed by atoms with E-state index in [-0.39, 0.29) is 0 Å². The van der Waals surface area contributed by atoms with E-state index in [9.17, 15) is 0 Å². The average molecular weight is 270 g/mol. The van der Waals surface area contributed by atoms with Gasteiger partial charge in [-0.3, -0.25) is 0 Å². The summed E-state index contributed by atoms with van der Waals surface area (Å²) in [5.41, 5.74) is 2.60. The number of nitriles is 1. The predicted molar refractivity (Wildman–Crippen MR) is 76.1 cm³/mol. The van der Waals surface area contributed by atoms with Gasteiger partial charge >= 0.3 is 0 Å². The zero-order valence-electron chi connectivity index (χ0n) is 11.5. The highest BCUT2D eigenvalue weighted by molar-refractivity contribution is 5.31. The van der Waals surface area contributed by atoms with E-state index in [1.165, 1.54) is 5.69 Å². The van der Waals surface area contributed by atoms with E-state index in [1.54, 1.807) is 13.3 Å². The van der Waals surface area contributed by atoms with Crippen molar-refractivity contribution in [1.82, 2.24) is 14.9 Å². The summed E-state index contributed by atoms with van der Waals surface area (Å²) in [6, 6.07) is 10.0. The molecule has 0 aliphatic carbocycles. The van der Waals surface area contributed by atoms with Crippen LogP contribution in [-0.2, 0) is 17.8 Å². The van der Waals surface area contributed by atoms with Crippen LogP contribution in [0.1, 0.15) is 17.0 Å².